The van der Waals surface area contributed by atoms with Crippen molar-refractivity contribution in [1.82, 2.24) is 4.98 Å². The number of carbonyl (C=O) groups is 1. The molecule has 5 heteroatoms. The topological polar surface area (TPSA) is 66.0 Å². The summed E-state index contributed by atoms with van der Waals surface area (Å²) in [5, 5.41) is 12.0. The van der Waals surface area contributed by atoms with E-state index in [-0.39, 0.29) is 5.91 Å². The molecular weight excluding hydrogens is 408 g/mol. The third-order valence-electron chi connectivity index (χ3n) is 5.83. The third-order valence-corrected chi connectivity index (χ3v) is 5.83. The van der Waals surface area contributed by atoms with Crippen molar-refractivity contribution in [1.29, 1.82) is 0 Å². The molecule has 0 fully saturated rings. The molecule has 0 spiro atoms. The average molecular weight is 439 g/mol. The molecule has 1 amide bonds. The van der Waals surface area contributed by atoms with Crippen LogP contribution in [0.1, 0.15) is 49.0 Å². The molecule has 3 N–H and O–H groups in total. The Kier molecular flexibility index (Phi) is 6.89. The Morgan fingerprint density at radius 2 is 1.79 bits per heavy atom. The largest absolute Gasteiger partial charge is 0.385 e. The fourth-order valence-electron chi connectivity index (χ4n) is 4.10. The van der Waals surface area contributed by atoms with E-state index in [1.165, 1.54) is 5.56 Å². The molecular formula is C28H30N4O. The molecule has 3 aromatic carbocycles. The zero-order valence-electron chi connectivity index (χ0n) is 19.4. The monoisotopic (exact) mass is 438 g/mol. The van der Waals surface area contributed by atoms with Crippen LogP contribution in [0.3, 0.4) is 0 Å². The van der Waals surface area contributed by atoms with E-state index in [1.807, 2.05) is 80.7 Å². The lowest BCUT2D eigenvalue weighted by Gasteiger charge is -2.24. The first kappa shape index (κ1) is 22.3. The smallest absolute Gasteiger partial charge is 0.257 e. The maximum Gasteiger partial charge on any atom is 0.257 e. The van der Waals surface area contributed by atoms with Gasteiger partial charge in [-0.1, -0.05) is 45.0 Å². The van der Waals surface area contributed by atoms with Gasteiger partial charge in [-0.2, -0.15) is 0 Å². The number of pyridine rings is 1. The van der Waals surface area contributed by atoms with Crippen LogP contribution in [0.15, 0.2) is 79.1 Å². The molecule has 0 saturated heterocycles. The van der Waals surface area contributed by atoms with Gasteiger partial charge in [-0.3, -0.25) is 9.78 Å². The van der Waals surface area contributed by atoms with Crippen LogP contribution >= 0.6 is 0 Å². The predicted molar refractivity (Wildman–Crippen MR) is 139 cm³/mol. The van der Waals surface area contributed by atoms with E-state index in [0.717, 1.165) is 46.5 Å². The van der Waals surface area contributed by atoms with Crippen molar-refractivity contribution >= 4 is 39.4 Å². The van der Waals surface area contributed by atoms with E-state index in [4.69, 9.17) is 0 Å². The van der Waals surface area contributed by atoms with E-state index >= 15 is 0 Å². The summed E-state index contributed by atoms with van der Waals surface area (Å²) in [6, 6.07) is 21.7. The van der Waals surface area contributed by atoms with Gasteiger partial charge in [-0.25, -0.2) is 0 Å². The maximum absolute atomic E-state index is 13.1. The van der Waals surface area contributed by atoms with Gasteiger partial charge in [-0.15, -0.1) is 0 Å². The van der Waals surface area contributed by atoms with Crippen molar-refractivity contribution in [3.63, 3.8) is 0 Å². The van der Waals surface area contributed by atoms with Crippen molar-refractivity contribution in [2.45, 2.75) is 33.1 Å². The van der Waals surface area contributed by atoms with E-state index in [1.54, 1.807) is 6.20 Å². The van der Waals surface area contributed by atoms with Crippen molar-refractivity contribution in [2.75, 3.05) is 22.5 Å². The normalized spacial score (nSPS) is 14.3. The van der Waals surface area contributed by atoms with E-state index in [9.17, 15) is 4.79 Å². The first-order chi connectivity index (χ1) is 16.2. The summed E-state index contributed by atoms with van der Waals surface area (Å²) in [5.41, 5.74) is 5.45. The number of anilines is 4. The van der Waals surface area contributed by atoms with Crippen LogP contribution in [0.25, 0.3) is 10.8 Å². The molecule has 1 aromatic heterocycles. The Hall–Kier alpha value is -3.86. The zero-order valence-corrected chi connectivity index (χ0v) is 19.4. The highest BCUT2D eigenvalue weighted by Crippen LogP contribution is 2.33. The van der Waals surface area contributed by atoms with Gasteiger partial charge >= 0.3 is 0 Å². The minimum Gasteiger partial charge on any atom is -0.385 e. The van der Waals surface area contributed by atoms with Gasteiger partial charge in [-0.05, 0) is 65.8 Å². The van der Waals surface area contributed by atoms with Crippen LogP contribution in [-0.4, -0.2) is 17.4 Å². The van der Waals surface area contributed by atoms with E-state index in [2.05, 4.69) is 33.9 Å². The van der Waals surface area contributed by atoms with Gasteiger partial charge in [0.15, 0.2) is 0 Å². The Labute approximate surface area is 195 Å². The first-order valence-electron chi connectivity index (χ1n) is 11.6. The predicted octanol–water partition coefficient (Wildman–Crippen LogP) is 7.18. The summed E-state index contributed by atoms with van der Waals surface area (Å²) in [7, 11) is 0. The molecule has 0 radical (unpaired) electrons. The Morgan fingerprint density at radius 1 is 0.970 bits per heavy atom. The van der Waals surface area contributed by atoms with Gasteiger partial charge in [0.1, 0.15) is 0 Å². The van der Waals surface area contributed by atoms with Crippen LogP contribution in [0.4, 0.5) is 22.7 Å². The van der Waals surface area contributed by atoms with Crippen molar-refractivity contribution in [3.05, 3.63) is 90.3 Å². The number of hydrogen-bond acceptors (Lipinski definition) is 4. The highest BCUT2D eigenvalue weighted by molar-refractivity contribution is 6.08. The van der Waals surface area contributed by atoms with Crippen LogP contribution in [0.2, 0.25) is 0 Å². The highest BCUT2D eigenvalue weighted by atomic mass is 16.1. The number of benzene rings is 3. The number of para-hydroxylation sites is 1. The lowest BCUT2D eigenvalue weighted by molar-refractivity contribution is 0.102. The minimum atomic E-state index is -0.144. The summed E-state index contributed by atoms with van der Waals surface area (Å²) < 4.78 is 0. The molecule has 1 aliphatic heterocycles. The summed E-state index contributed by atoms with van der Waals surface area (Å²) >= 11 is 0. The summed E-state index contributed by atoms with van der Waals surface area (Å²) in [5.74, 6) is 0.387. The second-order valence-corrected chi connectivity index (χ2v) is 7.98. The SMILES string of the molecule is CC.CC1CCNc2cc(NC(=O)c3ccccc3Nc3ccc4ccncc4c3)ccc21. The standard InChI is InChI=1S/C26H24N4O.C2H6/c1-17-10-13-28-25-15-21(8-9-22(17)25)30-26(31)23-4-2-3-5-24(23)29-20-7-6-18-11-12-27-16-19(18)14-20;1-2/h2-9,11-12,14-17,28-29H,10,13H2,1H3,(H,30,31);1-2H3. The number of amides is 1. The molecule has 5 rings (SSSR count). The average Bonchev–Trinajstić information content (AvgIpc) is 2.85. The van der Waals surface area contributed by atoms with Gasteiger partial charge in [0.05, 0.1) is 11.3 Å². The van der Waals surface area contributed by atoms with E-state index < -0.39 is 0 Å². The second kappa shape index (κ2) is 10.2. The van der Waals surface area contributed by atoms with Crippen LogP contribution in [-0.2, 0) is 0 Å². The second-order valence-electron chi connectivity index (χ2n) is 7.98. The third kappa shape index (κ3) is 4.98. The highest BCUT2D eigenvalue weighted by Gasteiger charge is 2.17. The lowest BCUT2D eigenvalue weighted by atomic mass is 9.92. The molecule has 2 heterocycles. The molecule has 4 aromatic rings. The van der Waals surface area contributed by atoms with Crippen molar-refractivity contribution in [3.8, 4) is 0 Å². The van der Waals surface area contributed by atoms with E-state index in [0.29, 0.717) is 11.5 Å². The molecule has 1 unspecified atom stereocenters. The summed E-state index contributed by atoms with van der Waals surface area (Å²) in [6.07, 6.45) is 4.75. The van der Waals surface area contributed by atoms with Crippen molar-refractivity contribution < 1.29 is 4.79 Å². The summed E-state index contributed by atoms with van der Waals surface area (Å²) in [4.78, 5) is 17.3. The fraction of sp³-hybridized carbons (Fsp3) is 0.214. The number of nitrogens with zero attached hydrogens (tertiary/aromatic N) is 1. The molecule has 168 valence electrons. The van der Waals surface area contributed by atoms with Gasteiger partial charge < -0.3 is 16.0 Å². The number of fused-ring (bicyclic) bond motifs is 2. The number of hydrogen-bond donors (Lipinski definition) is 3. The molecule has 0 saturated carbocycles. The van der Waals surface area contributed by atoms with Crippen LogP contribution in [0.5, 0.6) is 0 Å². The number of carbonyl (C=O) groups excluding carboxylic acids is 1. The molecule has 1 aliphatic rings. The Balaban J connectivity index is 0.00000126. The zero-order chi connectivity index (χ0) is 23.2. The lowest BCUT2D eigenvalue weighted by Crippen LogP contribution is -2.17. The first-order valence-corrected chi connectivity index (χ1v) is 11.6. The van der Waals surface area contributed by atoms with Gasteiger partial charge in [0.25, 0.3) is 5.91 Å². The summed E-state index contributed by atoms with van der Waals surface area (Å²) in [6.45, 7) is 7.20. The Bertz CT molecular complexity index is 1270. The molecule has 0 bridgehead atoms. The number of nitrogens with one attached hydrogen (secondary N) is 3. The quantitative estimate of drug-likeness (QED) is 0.316. The number of rotatable bonds is 4. The van der Waals surface area contributed by atoms with Gasteiger partial charge in [0, 0.05) is 41.4 Å². The van der Waals surface area contributed by atoms with Crippen molar-refractivity contribution in [2.24, 2.45) is 0 Å². The van der Waals surface area contributed by atoms with Crippen LogP contribution in [0, 0.1) is 0 Å². The minimum absolute atomic E-state index is 0.144. The maximum atomic E-state index is 13.1. The molecule has 5 nitrogen and oxygen atoms in total. The molecule has 1 atom stereocenters. The Morgan fingerprint density at radius 3 is 2.67 bits per heavy atom. The molecule has 0 aliphatic carbocycles. The van der Waals surface area contributed by atoms with Gasteiger partial charge in [0.2, 0.25) is 0 Å². The molecule has 33 heavy (non-hydrogen) atoms. The van der Waals surface area contributed by atoms with Crippen LogP contribution < -0.4 is 16.0 Å². The number of aromatic nitrogens is 1. The fourth-order valence-corrected chi connectivity index (χ4v) is 4.10.